The highest BCUT2D eigenvalue weighted by Gasteiger charge is 2.52. The van der Waals surface area contributed by atoms with Crippen LogP contribution in [0.4, 0.5) is 0 Å². The molecule has 3 aliphatic rings. The second kappa shape index (κ2) is 7.21. The van der Waals surface area contributed by atoms with Gasteiger partial charge in [-0.25, -0.2) is 0 Å². The highest BCUT2D eigenvalue weighted by atomic mass is 79.9. The fourth-order valence-corrected chi connectivity index (χ4v) is 5.22. The summed E-state index contributed by atoms with van der Waals surface area (Å²) in [5, 5.41) is 2.98. The van der Waals surface area contributed by atoms with E-state index in [1.54, 1.807) is 0 Å². The first kappa shape index (κ1) is 17.4. The molecule has 0 aromatic carbocycles. The van der Waals surface area contributed by atoms with Gasteiger partial charge in [0.25, 0.3) is 0 Å². The fraction of sp³-hybridized carbons (Fsp3) is 0.812. The minimum Gasteiger partial charge on any atom is -0.352 e. The molecule has 3 fully saturated rings. The monoisotopic (exact) mass is 448 g/mol. The number of nitrogens with zero attached hydrogens (tertiary/aromatic N) is 1. The van der Waals surface area contributed by atoms with Crippen LogP contribution >= 0.6 is 31.9 Å². The zero-order valence-corrected chi connectivity index (χ0v) is 16.1. The lowest BCUT2D eigenvalue weighted by Crippen LogP contribution is -2.45. The van der Waals surface area contributed by atoms with E-state index in [1.165, 1.54) is 11.3 Å². The second-order valence-electron chi connectivity index (χ2n) is 6.88. The lowest BCUT2D eigenvalue weighted by Gasteiger charge is -2.29. The number of rotatable bonds is 3. The van der Waals surface area contributed by atoms with Crippen LogP contribution in [0.3, 0.4) is 0 Å². The molecule has 0 aromatic rings. The Bertz CT molecular complexity index is 480. The smallest absolute Gasteiger partial charge is 0.240 e. The molecule has 4 atom stereocenters. The molecule has 0 bridgehead atoms. The molecule has 2 saturated carbocycles. The Labute approximate surface area is 153 Å². The summed E-state index contributed by atoms with van der Waals surface area (Å²) in [7, 11) is 0. The predicted molar refractivity (Wildman–Crippen MR) is 93.4 cm³/mol. The largest absolute Gasteiger partial charge is 0.352 e. The SMILES string of the molecule is O=C(CN1C(=O)[C@H]2C[C@H](Br)[C@@H](Br)C[C@H]2C1=O)NC1CCCCC1. The maximum absolute atomic E-state index is 12.5. The van der Waals surface area contributed by atoms with E-state index >= 15 is 0 Å². The van der Waals surface area contributed by atoms with E-state index < -0.39 is 0 Å². The van der Waals surface area contributed by atoms with E-state index in [-0.39, 0.29) is 51.8 Å². The standard InChI is InChI=1S/C16H22Br2N2O3/c17-12-6-10-11(7-13(12)18)16(23)20(15(10)22)8-14(21)19-9-4-2-1-3-5-9/h9-13H,1-8H2,(H,19,21)/t10-,11+,12-,13-/m0/s1. The van der Waals surface area contributed by atoms with Crippen LogP contribution in [0.15, 0.2) is 0 Å². The van der Waals surface area contributed by atoms with Gasteiger partial charge in [-0.2, -0.15) is 0 Å². The zero-order valence-electron chi connectivity index (χ0n) is 13.0. The van der Waals surface area contributed by atoms with Crippen LogP contribution in [0.2, 0.25) is 0 Å². The molecule has 0 radical (unpaired) electrons. The van der Waals surface area contributed by atoms with Crippen LogP contribution in [-0.2, 0) is 14.4 Å². The maximum Gasteiger partial charge on any atom is 0.240 e. The summed E-state index contributed by atoms with van der Waals surface area (Å²) >= 11 is 7.13. The van der Waals surface area contributed by atoms with Gasteiger partial charge >= 0.3 is 0 Å². The maximum atomic E-state index is 12.5. The number of hydrogen-bond acceptors (Lipinski definition) is 3. The van der Waals surface area contributed by atoms with Crippen molar-refractivity contribution in [3.8, 4) is 0 Å². The number of nitrogens with one attached hydrogen (secondary N) is 1. The van der Waals surface area contributed by atoms with Crippen LogP contribution in [0.1, 0.15) is 44.9 Å². The number of alkyl halides is 2. The Kier molecular flexibility index (Phi) is 5.46. The third kappa shape index (κ3) is 3.65. The van der Waals surface area contributed by atoms with Crippen LogP contribution in [0.5, 0.6) is 0 Å². The van der Waals surface area contributed by atoms with Gasteiger partial charge in [0.2, 0.25) is 17.7 Å². The van der Waals surface area contributed by atoms with Crippen molar-refractivity contribution in [3.05, 3.63) is 0 Å². The van der Waals surface area contributed by atoms with Gasteiger partial charge < -0.3 is 5.32 Å². The molecule has 3 rings (SSSR count). The number of likely N-dealkylation sites (tertiary alicyclic amines) is 1. The molecule has 2 aliphatic carbocycles. The molecule has 7 heteroatoms. The molecule has 3 amide bonds. The van der Waals surface area contributed by atoms with Crippen LogP contribution in [0, 0.1) is 11.8 Å². The van der Waals surface area contributed by atoms with Crippen molar-refractivity contribution in [2.75, 3.05) is 6.54 Å². The second-order valence-corrected chi connectivity index (χ2v) is 9.23. The number of fused-ring (bicyclic) bond motifs is 1. The summed E-state index contributed by atoms with van der Waals surface area (Å²) in [6.07, 6.45) is 6.77. The highest BCUT2D eigenvalue weighted by molar-refractivity contribution is 9.12. The normalized spacial score (nSPS) is 35.3. The Morgan fingerprint density at radius 2 is 1.52 bits per heavy atom. The number of carbonyl (C=O) groups excluding carboxylic acids is 3. The Morgan fingerprint density at radius 3 is 2.04 bits per heavy atom. The summed E-state index contributed by atoms with van der Waals surface area (Å²) in [6, 6.07) is 0.199. The summed E-state index contributed by atoms with van der Waals surface area (Å²) in [6.45, 7) is -0.124. The molecule has 0 unspecified atom stereocenters. The van der Waals surface area contributed by atoms with Crippen molar-refractivity contribution in [2.45, 2.75) is 60.6 Å². The summed E-state index contributed by atoms with van der Waals surface area (Å²) in [5.74, 6) is -1.11. The predicted octanol–water partition coefficient (Wildman–Crippen LogP) is 2.36. The topological polar surface area (TPSA) is 66.5 Å². The van der Waals surface area contributed by atoms with Gasteiger partial charge in [0.05, 0.1) is 11.8 Å². The highest BCUT2D eigenvalue weighted by Crippen LogP contribution is 2.43. The van der Waals surface area contributed by atoms with Gasteiger partial charge in [-0.05, 0) is 25.7 Å². The number of carbonyl (C=O) groups is 3. The Morgan fingerprint density at radius 1 is 1.00 bits per heavy atom. The van der Waals surface area contributed by atoms with Crippen molar-refractivity contribution in [1.29, 1.82) is 0 Å². The zero-order chi connectivity index (χ0) is 16.6. The van der Waals surface area contributed by atoms with Crippen molar-refractivity contribution in [3.63, 3.8) is 0 Å². The van der Waals surface area contributed by atoms with Gasteiger partial charge in [0.15, 0.2) is 0 Å². The average molecular weight is 450 g/mol. The summed E-state index contributed by atoms with van der Waals surface area (Å²) in [4.78, 5) is 38.8. The van der Waals surface area contributed by atoms with Gasteiger partial charge in [-0.15, -0.1) is 0 Å². The number of halogens is 2. The van der Waals surface area contributed by atoms with Crippen LogP contribution < -0.4 is 5.32 Å². The summed E-state index contributed by atoms with van der Waals surface area (Å²) in [5.41, 5.74) is 0. The summed E-state index contributed by atoms with van der Waals surface area (Å²) < 4.78 is 0. The molecular weight excluding hydrogens is 428 g/mol. The molecule has 1 saturated heterocycles. The number of imide groups is 1. The van der Waals surface area contributed by atoms with E-state index in [0.29, 0.717) is 12.8 Å². The lowest BCUT2D eigenvalue weighted by atomic mass is 9.81. The van der Waals surface area contributed by atoms with Gasteiger partial charge in [-0.1, -0.05) is 51.1 Å². The van der Waals surface area contributed by atoms with Crippen LogP contribution in [0.25, 0.3) is 0 Å². The number of amides is 3. The molecule has 1 heterocycles. The average Bonchev–Trinajstić information content (AvgIpc) is 2.74. The van der Waals surface area contributed by atoms with Gasteiger partial charge in [-0.3, -0.25) is 19.3 Å². The number of hydrogen-bond donors (Lipinski definition) is 1. The van der Waals surface area contributed by atoms with E-state index in [9.17, 15) is 14.4 Å². The van der Waals surface area contributed by atoms with Crippen molar-refractivity contribution in [1.82, 2.24) is 10.2 Å². The quantitative estimate of drug-likeness (QED) is 0.531. The lowest BCUT2D eigenvalue weighted by molar-refractivity contribution is -0.143. The van der Waals surface area contributed by atoms with E-state index in [2.05, 4.69) is 37.2 Å². The third-order valence-electron chi connectivity index (χ3n) is 5.27. The molecule has 1 N–H and O–H groups in total. The first-order valence-corrected chi connectivity index (χ1v) is 10.2. The van der Waals surface area contributed by atoms with Crippen molar-refractivity contribution >= 4 is 49.6 Å². The van der Waals surface area contributed by atoms with E-state index in [4.69, 9.17) is 0 Å². The molecule has 5 nitrogen and oxygen atoms in total. The van der Waals surface area contributed by atoms with Gasteiger partial charge in [0, 0.05) is 15.7 Å². The molecular formula is C16H22Br2N2O3. The third-order valence-corrected chi connectivity index (χ3v) is 8.01. The van der Waals surface area contributed by atoms with Crippen molar-refractivity contribution < 1.29 is 14.4 Å². The Hall–Kier alpha value is -0.430. The van der Waals surface area contributed by atoms with Crippen molar-refractivity contribution in [2.24, 2.45) is 11.8 Å². The first-order chi connectivity index (χ1) is 11.0. The molecule has 0 aromatic heterocycles. The van der Waals surface area contributed by atoms with E-state index in [0.717, 1.165) is 25.7 Å². The molecule has 128 valence electrons. The minimum absolute atomic E-state index is 0.124. The van der Waals surface area contributed by atoms with Crippen LogP contribution in [-0.4, -0.2) is 44.9 Å². The fourth-order valence-electron chi connectivity index (χ4n) is 3.98. The molecule has 0 spiro atoms. The minimum atomic E-state index is -0.275. The first-order valence-electron chi connectivity index (χ1n) is 8.40. The van der Waals surface area contributed by atoms with Gasteiger partial charge in [0.1, 0.15) is 6.54 Å². The molecule has 1 aliphatic heterocycles. The molecule has 23 heavy (non-hydrogen) atoms. The van der Waals surface area contributed by atoms with E-state index in [1.807, 2.05) is 0 Å². The Balaban J connectivity index is 1.60.